The summed E-state index contributed by atoms with van der Waals surface area (Å²) in [6.45, 7) is 4.23. The Morgan fingerprint density at radius 3 is 3.00 bits per heavy atom. The zero-order valence-electron chi connectivity index (χ0n) is 10.4. The Bertz CT molecular complexity index is 457. The Morgan fingerprint density at radius 1 is 1.33 bits per heavy atom. The molecule has 0 radical (unpaired) electrons. The highest BCUT2D eigenvalue weighted by atomic mass is 16.5. The SMILES string of the molecule is CCOc1ccccc1CNCCc1ncno1. The van der Waals surface area contributed by atoms with Crippen molar-refractivity contribution in [1.82, 2.24) is 15.5 Å². The van der Waals surface area contributed by atoms with Crippen LogP contribution in [-0.2, 0) is 13.0 Å². The molecule has 1 aromatic heterocycles. The minimum Gasteiger partial charge on any atom is -0.494 e. The fourth-order valence-electron chi connectivity index (χ4n) is 1.67. The van der Waals surface area contributed by atoms with Gasteiger partial charge in [-0.3, -0.25) is 0 Å². The molecular formula is C13H17N3O2. The maximum Gasteiger partial charge on any atom is 0.227 e. The molecule has 96 valence electrons. The van der Waals surface area contributed by atoms with Gasteiger partial charge in [-0.1, -0.05) is 23.4 Å². The van der Waals surface area contributed by atoms with Gasteiger partial charge in [0, 0.05) is 25.1 Å². The molecule has 5 nitrogen and oxygen atoms in total. The van der Waals surface area contributed by atoms with Gasteiger partial charge >= 0.3 is 0 Å². The van der Waals surface area contributed by atoms with Gasteiger partial charge in [0.05, 0.1) is 6.61 Å². The minimum atomic E-state index is 0.653. The van der Waals surface area contributed by atoms with Crippen molar-refractivity contribution in [2.24, 2.45) is 0 Å². The Labute approximate surface area is 106 Å². The van der Waals surface area contributed by atoms with E-state index in [1.165, 1.54) is 6.33 Å². The third-order valence-electron chi connectivity index (χ3n) is 2.51. The molecule has 0 spiro atoms. The van der Waals surface area contributed by atoms with E-state index in [9.17, 15) is 0 Å². The number of benzene rings is 1. The molecule has 2 rings (SSSR count). The molecule has 1 heterocycles. The van der Waals surface area contributed by atoms with E-state index in [1.807, 2.05) is 25.1 Å². The van der Waals surface area contributed by atoms with Crippen LogP contribution in [0.4, 0.5) is 0 Å². The average Bonchev–Trinajstić information content (AvgIpc) is 2.90. The Balaban J connectivity index is 1.79. The fourth-order valence-corrected chi connectivity index (χ4v) is 1.67. The number of hydrogen-bond donors (Lipinski definition) is 1. The van der Waals surface area contributed by atoms with Crippen LogP contribution in [-0.4, -0.2) is 23.3 Å². The predicted molar refractivity (Wildman–Crippen MR) is 67.3 cm³/mol. The molecule has 0 atom stereocenters. The van der Waals surface area contributed by atoms with E-state index in [2.05, 4.69) is 21.5 Å². The van der Waals surface area contributed by atoms with Crippen LogP contribution in [0, 0.1) is 0 Å². The molecule has 18 heavy (non-hydrogen) atoms. The average molecular weight is 247 g/mol. The molecule has 0 saturated heterocycles. The van der Waals surface area contributed by atoms with Gasteiger partial charge < -0.3 is 14.6 Å². The van der Waals surface area contributed by atoms with E-state index >= 15 is 0 Å². The van der Waals surface area contributed by atoms with Crippen molar-refractivity contribution in [1.29, 1.82) is 0 Å². The van der Waals surface area contributed by atoms with Crippen molar-refractivity contribution in [3.05, 3.63) is 42.0 Å². The molecular weight excluding hydrogens is 230 g/mol. The zero-order valence-corrected chi connectivity index (χ0v) is 10.4. The number of nitrogens with zero attached hydrogens (tertiary/aromatic N) is 2. The van der Waals surface area contributed by atoms with Gasteiger partial charge in [0.15, 0.2) is 6.33 Å². The van der Waals surface area contributed by atoms with E-state index in [0.717, 1.165) is 30.8 Å². The van der Waals surface area contributed by atoms with Crippen molar-refractivity contribution in [2.45, 2.75) is 19.9 Å². The second-order valence-electron chi connectivity index (χ2n) is 3.80. The summed E-state index contributed by atoms with van der Waals surface area (Å²) in [6, 6.07) is 8.04. The standard InChI is InChI=1S/C13H17N3O2/c1-2-17-12-6-4-3-5-11(12)9-14-8-7-13-15-10-16-18-13/h3-6,10,14H,2,7-9H2,1H3. The van der Waals surface area contributed by atoms with Gasteiger partial charge in [0.1, 0.15) is 5.75 Å². The van der Waals surface area contributed by atoms with E-state index in [4.69, 9.17) is 9.26 Å². The Morgan fingerprint density at radius 2 is 2.22 bits per heavy atom. The first-order valence-electron chi connectivity index (χ1n) is 6.07. The van der Waals surface area contributed by atoms with Gasteiger partial charge in [-0.2, -0.15) is 4.98 Å². The lowest BCUT2D eigenvalue weighted by Crippen LogP contribution is -2.17. The summed E-state index contributed by atoms with van der Waals surface area (Å²) in [5, 5.41) is 6.89. The molecule has 0 bridgehead atoms. The van der Waals surface area contributed by atoms with Crippen LogP contribution in [0.2, 0.25) is 0 Å². The first-order valence-corrected chi connectivity index (χ1v) is 6.07. The third-order valence-corrected chi connectivity index (χ3v) is 2.51. The van der Waals surface area contributed by atoms with Crippen LogP contribution in [0.3, 0.4) is 0 Å². The number of aromatic nitrogens is 2. The Kier molecular flexibility index (Phi) is 4.72. The van der Waals surface area contributed by atoms with Gasteiger partial charge in [0.25, 0.3) is 0 Å². The number of para-hydroxylation sites is 1. The fraction of sp³-hybridized carbons (Fsp3) is 0.385. The molecule has 0 aliphatic heterocycles. The predicted octanol–water partition coefficient (Wildman–Crippen LogP) is 1.80. The number of nitrogens with one attached hydrogen (secondary N) is 1. The summed E-state index contributed by atoms with van der Waals surface area (Å²) in [6.07, 6.45) is 2.15. The lowest BCUT2D eigenvalue weighted by atomic mass is 10.2. The summed E-state index contributed by atoms with van der Waals surface area (Å²) in [4.78, 5) is 3.97. The highest BCUT2D eigenvalue weighted by Gasteiger charge is 2.02. The van der Waals surface area contributed by atoms with Crippen molar-refractivity contribution in [2.75, 3.05) is 13.2 Å². The topological polar surface area (TPSA) is 60.2 Å². The molecule has 0 saturated carbocycles. The van der Waals surface area contributed by atoms with Crippen LogP contribution in [0.5, 0.6) is 5.75 Å². The monoisotopic (exact) mass is 247 g/mol. The van der Waals surface area contributed by atoms with E-state index in [-0.39, 0.29) is 0 Å². The maximum absolute atomic E-state index is 5.56. The summed E-state index contributed by atoms with van der Waals surface area (Å²) in [7, 11) is 0. The van der Waals surface area contributed by atoms with Crippen LogP contribution in [0.15, 0.2) is 35.1 Å². The van der Waals surface area contributed by atoms with Gasteiger partial charge in [-0.05, 0) is 13.0 Å². The number of rotatable bonds is 7. The van der Waals surface area contributed by atoms with Gasteiger partial charge in [-0.15, -0.1) is 0 Å². The summed E-state index contributed by atoms with van der Waals surface area (Å²) < 4.78 is 10.5. The molecule has 0 fully saturated rings. The molecule has 0 amide bonds. The largest absolute Gasteiger partial charge is 0.494 e. The highest BCUT2D eigenvalue weighted by molar-refractivity contribution is 5.33. The zero-order chi connectivity index (χ0) is 12.6. The van der Waals surface area contributed by atoms with Crippen molar-refractivity contribution >= 4 is 0 Å². The first kappa shape index (κ1) is 12.6. The van der Waals surface area contributed by atoms with Crippen LogP contribution >= 0.6 is 0 Å². The smallest absolute Gasteiger partial charge is 0.227 e. The van der Waals surface area contributed by atoms with Crippen LogP contribution < -0.4 is 10.1 Å². The number of hydrogen-bond acceptors (Lipinski definition) is 5. The van der Waals surface area contributed by atoms with Gasteiger partial charge in [0.2, 0.25) is 5.89 Å². The van der Waals surface area contributed by atoms with Crippen molar-refractivity contribution in [3.8, 4) is 5.75 Å². The highest BCUT2D eigenvalue weighted by Crippen LogP contribution is 2.17. The van der Waals surface area contributed by atoms with Crippen molar-refractivity contribution in [3.63, 3.8) is 0 Å². The lowest BCUT2D eigenvalue weighted by Gasteiger charge is -2.10. The van der Waals surface area contributed by atoms with E-state index in [0.29, 0.717) is 12.5 Å². The molecule has 5 heteroatoms. The molecule has 0 aliphatic rings. The normalized spacial score (nSPS) is 10.5. The first-order chi connectivity index (χ1) is 8.90. The summed E-state index contributed by atoms with van der Waals surface area (Å²) in [5.74, 6) is 1.59. The molecule has 1 aromatic carbocycles. The molecule has 1 N–H and O–H groups in total. The van der Waals surface area contributed by atoms with Crippen LogP contribution in [0.25, 0.3) is 0 Å². The summed E-state index contributed by atoms with van der Waals surface area (Å²) >= 11 is 0. The summed E-state index contributed by atoms with van der Waals surface area (Å²) in [5.41, 5.74) is 1.16. The maximum atomic E-state index is 5.56. The number of ether oxygens (including phenoxy) is 1. The second-order valence-corrected chi connectivity index (χ2v) is 3.80. The molecule has 0 unspecified atom stereocenters. The van der Waals surface area contributed by atoms with E-state index in [1.54, 1.807) is 0 Å². The Hall–Kier alpha value is -1.88. The van der Waals surface area contributed by atoms with Gasteiger partial charge in [-0.25, -0.2) is 0 Å². The second kappa shape index (κ2) is 6.76. The molecule has 2 aromatic rings. The minimum absolute atomic E-state index is 0.653. The van der Waals surface area contributed by atoms with Crippen molar-refractivity contribution < 1.29 is 9.26 Å². The quantitative estimate of drug-likeness (QED) is 0.756. The van der Waals surface area contributed by atoms with E-state index < -0.39 is 0 Å². The lowest BCUT2D eigenvalue weighted by molar-refractivity contribution is 0.335. The van der Waals surface area contributed by atoms with Crippen LogP contribution in [0.1, 0.15) is 18.4 Å². The molecule has 0 aliphatic carbocycles. The third kappa shape index (κ3) is 3.56.